The molecule has 1 amide bonds. The quantitative estimate of drug-likeness (QED) is 0.495. The molecule has 1 N–H and O–H groups in total. The Morgan fingerprint density at radius 2 is 1.81 bits per heavy atom. The molecule has 0 unspecified atom stereocenters. The lowest BCUT2D eigenvalue weighted by molar-refractivity contribution is 0.0952. The Labute approximate surface area is 177 Å². The van der Waals surface area contributed by atoms with Crippen LogP contribution in [-0.2, 0) is 16.4 Å². The predicted molar refractivity (Wildman–Crippen MR) is 112 cm³/mol. The molecule has 0 fully saturated rings. The van der Waals surface area contributed by atoms with E-state index in [9.17, 15) is 17.6 Å². The van der Waals surface area contributed by atoms with Crippen LogP contribution in [0.4, 0.5) is 4.39 Å². The van der Waals surface area contributed by atoms with Crippen LogP contribution < -0.4 is 5.32 Å². The van der Waals surface area contributed by atoms with Crippen LogP contribution >= 0.6 is 0 Å². The largest absolute Gasteiger partial charge is 0.348 e. The predicted octanol–water partition coefficient (Wildman–Crippen LogP) is 2.68. The van der Waals surface area contributed by atoms with Crippen molar-refractivity contribution in [1.29, 1.82) is 0 Å². The number of benzene rings is 1. The first kappa shape index (κ1) is 20.6. The highest BCUT2D eigenvalue weighted by molar-refractivity contribution is 7.91. The highest BCUT2D eigenvalue weighted by atomic mass is 32.2. The highest BCUT2D eigenvalue weighted by Crippen LogP contribution is 2.21. The second-order valence-corrected chi connectivity index (χ2v) is 9.05. The van der Waals surface area contributed by atoms with Crippen LogP contribution in [0.25, 0.3) is 16.6 Å². The number of nitrogens with zero attached hydrogens (tertiary/aromatic N) is 4. The molecule has 0 aliphatic rings. The Morgan fingerprint density at radius 1 is 1.06 bits per heavy atom. The van der Waals surface area contributed by atoms with Gasteiger partial charge >= 0.3 is 0 Å². The average molecular weight is 439 g/mol. The summed E-state index contributed by atoms with van der Waals surface area (Å²) in [5.41, 5.74) is 2.11. The van der Waals surface area contributed by atoms with Crippen LogP contribution in [0.2, 0.25) is 0 Å². The minimum Gasteiger partial charge on any atom is -0.348 e. The summed E-state index contributed by atoms with van der Waals surface area (Å²) >= 11 is 0. The first-order valence-corrected chi connectivity index (χ1v) is 11.1. The van der Waals surface area contributed by atoms with Crippen molar-refractivity contribution >= 4 is 26.6 Å². The number of rotatable bonds is 6. The molecule has 0 aliphatic carbocycles. The number of sulfone groups is 1. The molecule has 1 aromatic carbocycles. The SMILES string of the molecule is CCS(=O)(=O)c1cncc(CNC(=O)c2cncc3c2cnn3-c2ccc(F)cc2)c1. The molecule has 3 aromatic heterocycles. The molecule has 3 heterocycles. The van der Waals surface area contributed by atoms with E-state index in [4.69, 9.17) is 0 Å². The molecule has 0 saturated carbocycles. The van der Waals surface area contributed by atoms with Crippen LogP contribution in [0.3, 0.4) is 0 Å². The van der Waals surface area contributed by atoms with Gasteiger partial charge in [0.15, 0.2) is 9.84 Å². The molecule has 158 valence electrons. The van der Waals surface area contributed by atoms with Gasteiger partial charge in [-0.15, -0.1) is 0 Å². The second-order valence-electron chi connectivity index (χ2n) is 6.77. The molecule has 0 bridgehead atoms. The number of aromatic nitrogens is 4. The molecule has 4 aromatic rings. The lowest BCUT2D eigenvalue weighted by Gasteiger charge is -2.08. The Kier molecular flexibility index (Phi) is 5.47. The lowest BCUT2D eigenvalue weighted by atomic mass is 10.1. The molecule has 0 aliphatic heterocycles. The zero-order valence-corrected chi connectivity index (χ0v) is 17.3. The fraction of sp³-hybridized carbons (Fsp3) is 0.143. The van der Waals surface area contributed by atoms with E-state index in [1.807, 2.05) is 0 Å². The van der Waals surface area contributed by atoms with E-state index < -0.39 is 9.84 Å². The van der Waals surface area contributed by atoms with Crippen molar-refractivity contribution in [2.75, 3.05) is 5.75 Å². The van der Waals surface area contributed by atoms with Crippen LogP contribution in [0.5, 0.6) is 0 Å². The fourth-order valence-electron chi connectivity index (χ4n) is 3.09. The molecule has 0 saturated heterocycles. The number of carbonyl (C=O) groups is 1. The molecule has 0 spiro atoms. The zero-order valence-electron chi connectivity index (χ0n) is 16.5. The lowest BCUT2D eigenvalue weighted by Crippen LogP contribution is -2.23. The van der Waals surface area contributed by atoms with Gasteiger partial charge in [0.05, 0.1) is 39.8 Å². The van der Waals surface area contributed by atoms with Crippen LogP contribution in [0.15, 0.2) is 66.2 Å². The van der Waals surface area contributed by atoms with E-state index in [0.717, 1.165) is 0 Å². The summed E-state index contributed by atoms with van der Waals surface area (Å²) in [5, 5.41) is 7.64. The summed E-state index contributed by atoms with van der Waals surface area (Å²) in [7, 11) is -3.39. The third kappa shape index (κ3) is 4.15. The molecule has 4 rings (SSSR count). The summed E-state index contributed by atoms with van der Waals surface area (Å²) in [6.07, 6.45) is 7.35. The highest BCUT2D eigenvalue weighted by Gasteiger charge is 2.16. The average Bonchev–Trinajstić information content (AvgIpc) is 3.22. The molecule has 10 heteroatoms. The minimum atomic E-state index is -3.39. The summed E-state index contributed by atoms with van der Waals surface area (Å²) in [5.74, 6) is -0.778. The van der Waals surface area contributed by atoms with E-state index in [2.05, 4.69) is 20.4 Å². The maximum atomic E-state index is 13.2. The maximum Gasteiger partial charge on any atom is 0.253 e. The summed E-state index contributed by atoms with van der Waals surface area (Å²) < 4.78 is 38.8. The van der Waals surface area contributed by atoms with Gasteiger partial charge in [0.2, 0.25) is 0 Å². The van der Waals surface area contributed by atoms with Gasteiger partial charge in [-0.1, -0.05) is 6.92 Å². The topological polar surface area (TPSA) is 107 Å². The Hall–Kier alpha value is -3.66. The van der Waals surface area contributed by atoms with Crippen LogP contribution in [0, 0.1) is 5.82 Å². The number of hydrogen-bond acceptors (Lipinski definition) is 6. The van der Waals surface area contributed by atoms with Crippen molar-refractivity contribution in [2.45, 2.75) is 18.4 Å². The van der Waals surface area contributed by atoms with Crippen molar-refractivity contribution < 1.29 is 17.6 Å². The number of halogens is 1. The summed E-state index contributed by atoms with van der Waals surface area (Å²) in [6, 6.07) is 7.32. The third-order valence-electron chi connectivity index (χ3n) is 4.77. The van der Waals surface area contributed by atoms with E-state index in [0.29, 0.717) is 27.7 Å². The minimum absolute atomic E-state index is 0.0315. The molecule has 0 radical (unpaired) electrons. The van der Waals surface area contributed by atoms with Crippen molar-refractivity contribution in [3.05, 3.63) is 78.3 Å². The van der Waals surface area contributed by atoms with Gasteiger partial charge in [-0.2, -0.15) is 5.10 Å². The monoisotopic (exact) mass is 439 g/mol. The number of amides is 1. The number of nitrogens with one attached hydrogen (secondary N) is 1. The van der Waals surface area contributed by atoms with Crippen molar-refractivity contribution in [3.8, 4) is 5.69 Å². The Bertz CT molecular complexity index is 1370. The molecular weight excluding hydrogens is 421 g/mol. The Balaban J connectivity index is 1.58. The van der Waals surface area contributed by atoms with Crippen molar-refractivity contribution in [1.82, 2.24) is 25.1 Å². The molecular formula is C21H18FN5O3S. The van der Waals surface area contributed by atoms with Gasteiger partial charge < -0.3 is 5.32 Å². The van der Waals surface area contributed by atoms with Gasteiger partial charge in [-0.05, 0) is 35.9 Å². The maximum absolute atomic E-state index is 13.2. The normalized spacial score (nSPS) is 11.5. The van der Waals surface area contributed by atoms with Crippen molar-refractivity contribution in [3.63, 3.8) is 0 Å². The number of pyridine rings is 2. The fourth-order valence-corrected chi connectivity index (χ4v) is 3.97. The van der Waals surface area contributed by atoms with Gasteiger partial charge in [0, 0.05) is 30.5 Å². The first-order valence-electron chi connectivity index (χ1n) is 9.41. The standard InChI is InChI=1S/C21H18FN5O3S/c1-2-31(29,30)17-7-14(8-23-10-17)9-25-21(28)19-11-24-13-20-18(19)12-26-27(20)16-5-3-15(22)4-6-16/h3-8,10-13H,2,9H2,1H3,(H,25,28). The summed E-state index contributed by atoms with van der Waals surface area (Å²) in [6.45, 7) is 1.66. The van der Waals surface area contributed by atoms with Gasteiger partial charge in [0.25, 0.3) is 5.91 Å². The van der Waals surface area contributed by atoms with Crippen LogP contribution in [0.1, 0.15) is 22.8 Å². The van der Waals surface area contributed by atoms with E-state index >= 15 is 0 Å². The third-order valence-corrected chi connectivity index (χ3v) is 6.48. The smallest absolute Gasteiger partial charge is 0.253 e. The van der Waals surface area contributed by atoms with Gasteiger partial charge in [0.1, 0.15) is 5.82 Å². The molecule has 8 nitrogen and oxygen atoms in total. The van der Waals surface area contributed by atoms with Crippen molar-refractivity contribution in [2.24, 2.45) is 0 Å². The number of hydrogen-bond donors (Lipinski definition) is 1. The zero-order chi connectivity index (χ0) is 22.0. The Morgan fingerprint density at radius 3 is 2.55 bits per heavy atom. The van der Waals surface area contributed by atoms with E-state index in [1.54, 1.807) is 36.1 Å². The molecule has 31 heavy (non-hydrogen) atoms. The summed E-state index contributed by atoms with van der Waals surface area (Å²) in [4.78, 5) is 21.0. The number of carbonyl (C=O) groups excluding carboxylic acids is 1. The number of fused-ring (bicyclic) bond motifs is 1. The van der Waals surface area contributed by atoms with E-state index in [-0.39, 0.29) is 28.9 Å². The van der Waals surface area contributed by atoms with Gasteiger partial charge in [-0.25, -0.2) is 17.5 Å². The molecule has 0 atom stereocenters. The first-order chi connectivity index (χ1) is 14.9. The van der Waals surface area contributed by atoms with E-state index in [1.165, 1.54) is 36.8 Å². The van der Waals surface area contributed by atoms with Crippen LogP contribution in [-0.4, -0.2) is 39.8 Å². The second kappa shape index (κ2) is 8.23. The van der Waals surface area contributed by atoms with Gasteiger partial charge in [-0.3, -0.25) is 14.8 Å².